The van der Waals surface area contributed by atoms with E-state index in [1.165, 1.54) is 5.56 Å². The van der Waals surface area contributed by atoms with Gasteiger partial charge in [-0.3, -0.25) is 0 Å². The number of hydrogen-bond donors (Lipinski definition) is 0. The van der Waals surface area contributed by atoms with Gasteiger partial charge in [0.1, 0.15) is 0 Å². The van der Waals surface area contributed by atoms with Gasteiger partial charge in [0.2, 0.25) is 0 Å². The summed E-state index contributed by atoms with van der Waals surface area (Å²) in [5.74, 6) is 0. The average Bonchev–Trinajstić information content (AvgIpc) is 3.18. The minimum absolute atomic E-state index is 0.679. The van der Waals surface area contributed by atoms with E-state index in [4.69, 9.17) is 0 Å². The van der Waals surface area contributed by atoms with Crippen LogP contribution in [0.2, 0.25) is 0 Å². The molecule has 0 saturated heterocycles. The van der Waals surface area contributed by atoms with Crippen molar-refractivity contribution in [1.29, 1.82) is 10.5 Å². The molecule has 8 aromatic carbocycles. The fourth-order valence-corrected chi connectivity index (χ4v) is 6.76. The SMILES string of the molecule is N#Cc1ccc(-c2ccc(N(c3ccc(-c4ccccc4)cc3)c3ccc(-c4ccc(C#N)c5ccccc45)cc3)cc2)c2ccccc12. The second-order valence-corrected chi connectivity index (χ2v) is 12.0. The van der Waals surface area contributed by atoms with Crippen LogP contribution in [0.5, 0.6) is 0 Å². The van der Waals surface area contributed by atoms with Crippen LogP contribution in [0.25, 0.3) is 54.9 Å². The number of rotatable bonds is 6. The fourth-order valence-electron chi connectivity index (χ4n) is 6.76. The molecule has 0 aliphatic rings. The Kier molecular flexibility index (Phi) is 7.63. The third-order valence-electron chi connectivity index (χ3n) is 9.19. The maximum atomic E-state index is 9.68. The lowest BCUT2D eigenvalue weighted by atomic mass is 9.95. The maximum absolute atomic E-state index is 9.68. The van der Waals surface area contributed by atoms with Gasteiger partial charge in [-0.05, 0) is 92.7 Å². The van der Waals surface area contributed by atoms with E-state index < -0.39 is 0 Å². The third kappa shape index (κ3) is 5.47. The molecule has 8 aromatic rings. The van der Waals surface area contributed by atoms with Crippen molar-refractivity contribution in [3.8, 4) is 45.5 Å². The molecular formula is C46H29N3. The van der Waals surface area contributed by atoms with Crippen molar-refractivity contribution in [2.45, 2.75) is 0 Å². The Labute approximate surface area is 285 Å². The zero-order chi connectivity index (χ0) is 33.2. The van der Waals surface area contributed by atoms with Crippen molar-refractivity contribution in [3.05, 3.63) is 187 Å². The molecule has 0 atom stereocenters. The highest BCUT2D eigenvalue weighted by atomic mass is 15.1. The van der Waals surface area contributed by atoms with Crippen molar-refractivity contribution in [2.75, 3.05) is 4.90 Å². The Balaban J connectivity index is 1.21. The molecule has 0 aliphatic heterocycles. The van der Waals surface area contributed by atoms with Crippen LogP contribution < -0.4 is 4.90 Å². The number of benzene rings is 8. The predicted octanol–water partition coefficient (Wildman–Crippen LogP) is 12.2. The first-order valence-corrected chi connectivity index (χ1v) is 16.2. The van der Waals surface area contributed by atoms with Gasteiger partial charge in [-0.25, -0.2) is 0 Å². The molecule has 0 bridgehead atoms. The Morgan fingerprint density at radius 2 is 0.653 bits per heavy atom. The van der Waals surface area contributed by atoms with Crippen LogP contribution in [-0.4, -0.2) is 0 Å². The van der Waals surface area contributed by atoms with E-state index in [1.54, 1.807) is 0 Å². The summed E-state index contributed by atoms with van der Waals surface area (Å²) >= 11 is 0. The monoisotopic (exact) mass is 623 g/mol. The lowest BCUT2D eigenvalue weighted by molar-refractivity contribution is 1.28. The maximum Gasteiger partial charge on any atom is 0.0998 e. The standard InChI is InChI=1S/C46H29N3/c47-30-36-20-28-43(45-12-6-4-10-41(36)45)34-16-24-39(25-17-34)49(38-22-14-33(15-23-38)32-8-2-1-3-9-32)40-26-18-35(19-27-40)44-29-21-37(31-48)42-11-5-7-13-46(42)44/h1-29H. The molecular weight excluding hydrogens is 595 g/mol. The number of nitriles is 2. The van der Waals surface area contributed by atoms with Gasteiger partial charge in [0, 0.05) is 27.8 Å². The summed E-state index contributed by atoms with van der Waals surface area (Å²) in [7, 11) is 0. The van der Waals surface area contributed by atoms with Gasteiger partial charge >= 0.3 is 0 Å². The summed E-state index contributed by atoms with van der Waals surface area (Å²) in [4.78, 5) is 2.27. The van der Waals surface area contributed by atoms with Gasteiger partial charge in [0.05, 0.1) is 23.3 Å². The van der Waals surface area contributed by atoms with E-state index in [1.807, 2.05) is 66.7 Å². The van der Waals surface area contributed by atoms with E-state index in [-0.39, 0.29) is 0 Å². The van der Waals surface area contributed by atoms with Crippen LogP contribution in [0.1, 0.15) is 11.1 Å². The quantitative estimate of drug-likeness (QED) is 0.185. The van der Waals surface area contributed by atoms with Crippen LogP contribution in [0, 0.1) is 22.7 Å². The van der Waals surface area contributed by atoms with Crippen LogP contribution >= 0.6 is 0 Å². The highest BCUT2D eigenvalue weighted by Gasteiger charge is 2.15. The molecule has 49 heavy (non-hydrogen) atoms. The summed E-state index contributed by atoms with van der Waals surface area (Å²) in [6, 6.07) is 65.1. The molecule has 0 heterocycles. The number of anilines is 3. The van der Waals surface area contributed by atoms with Crippen LogP contribution in [0.4, 0.5) is 17.1 Å². The summed E-state index contributed by atoms with van der Waals surface area (Å²) in [5.41, 5.74) is 11.2. The molecule has 0 aromatic heterocycles. The van der Waals surface area contributed by atoms with Gasteiger partial charge in [0.15, 0.2) is 0 Å². The Morgan fingerprint density at radius 3 is 1.06 bits per heavy atom. The van der Waals surface area contributed by atoms with Crippen LogP contribution in [-0.2, 0) is 0 Å². The zero-order valence-electron chi connectivity index (χ0n) is 26.6. The van der Waals surface area contributed by atoms with Crippen molar-refractivity contribution in [2.24, 2.45) is 0 Å². The van der Waals surface area contributed by atoms with Gasteiger partial charge in [-0.1, -0.05) is 127 Å². The summed E-state index contributed by atoms with van der Waals surface area (Å²) in [6.45, 7) is 0. The van der Waals surface area contributed by atoms with Gasteiger partial charge in [-0.15, -0.1) is 0 Å². The largest absolute Gasteiger partial charge is 0.311 e. The first-order chi connectivity index (χ1) is 24.2. The van der Waals surface area contributed by atoms with Gasteiger partial charge < -0.3 is 4.90 Å². The number of hydrogen-bond acceptors (Lipinski definition) is 3. The van der Waals surface area contributed by atoms with E-state index in [2.05, 4.69) is 126 Å². The lowest BCUT2D eigenvalue weighted by Gasteiger charge is -2.26. The first kappa shape index (κ1) is 29.5. The minimum atomic E-state index is 0.679. The van der Waals surface area contributed by atoms with E-state index in [9.17, 15) is 10.5 Å². The predicted molar refractivity (Wildman–Crippen MR) is 202 cm³/mol. The minimum Gasteiger partial charge on any atom is -0.311 e. The molecule has 3 heteroatoms. The van der Waals surface area contributed by atoms with E-state index in [0.717, 1.165) is 66.4 Å². The second kappa shape index (κ2) is 12.7. The molecule has 8 rings (SSSR count). The average molecular weight is 624 g/mol. The summed E-state index contributed by atoms with van der Waals surface area (Å²) in [6.07, 6.45) is 0. The molecule has 3 nitrogen and oxygen atoms in total. The molecule has 0 N–H and O–H groups in total. The van der Waals surface area contributed by atoms with Crippen LogP contribution in [0.15, 0.2) is 176 Å². The third-order valence-corrected chi connectivity index (χ3v) is 9.19. The number of nitrogens with zero attached hydrogens (tertiary/aromatic N) is 3. The molecule has 0 amide bonds. The zero-order valence-corrected chi connectivity index (χ0v) is 26.6. The van der Waals surface area contributed by atoms with Crippen molar-refractivity contribution < 1.29 is 0 Å². The molecule has 0 saturated carbocycles. The fraction of sp³-hybridized carbons (Fsp3) is 0. The Morgan fingerprint density at radius 1 is 0.306 bits per heavy atom. The summed E-state index contributed by atoms with van der Waals surface area (Å²) < 4.78 is 0. The van der Waals surface area contributed by atoms with E-state index in [0.29, 0.717) is 11.1 Å². The van der Waals surface area contributed by atoms with Crippen molar-refractivity contribution in [3.63, 3.8) is 0 Å². The Bertz CT molecular complexity index is 2400. The Hall–Kier alpha value is -6.94. The van der Waals surface area contributed by atoms with Crippen molar-refractivity contribution in [1.82, 2.24) is 0 Å². The second-order valence-electron chi connectivity index (χ2n) is 12.0. The number of fused-ring (bicyclic) bond motifs is 2. The highest BCUT2D eigenvalue weighted by Crippen LogP contribution is 2.39. The van der Waals surface area contributed by atoms with Gasteiger partial charge in [-0.2, -0.15) is 10.5 Å². The normalized spacial score (nSPS) is 10.8. The lowest BCUT2D eigenvalue weighted by Crippen LogP contribution is -2.09. The molecule has 0 spiro atoms. The first-order valence-electron chi connectivity index (χ1n) is 16.2. The molecule has 0 radical (unpaired) electrons. The molecule has 0 aliphatic carbocycles. The van der Waals surface area contributed by atoms with Gasteiger partial charge in [0.25, 0.3) is 0 Å². The molecule has 228 valence electrons. The highest BCUT2D eigenvalue weighted by molar-refractivity contribution is 6.01. The topological polar surface area (TPSA) is 50.8 Å². The molecule has 0 fully saturated rings. The smallest absolute Gasteiger partial charge is 0.0998 e. The summed E-state index contributed by atoms with van der Waals surface area (Å²) in [5, 5.41) is 23.4. The van der Waals surface area contributed by atoms with Crippen molar-refractivity contribution >= 4 is 38.6 Å². The van der Waals surface area contributed by atoms with Crippen LogP contribution in [0.3, 0.4) is 0 Å². The van der Waals surface area contributed by atoms with E-state index >= 15 is 0 Å². The molecule has 0 unspecified atom stereocenters.